The van der Waals surface area contributed by atoms with E-state index in [9.17, 15) is 4.79 Å². The van der Waals surface area contributed by atoms with Gasteiger partial charge in [0.2, 0.25) is 5.91 Å². The average molecular weight is 305 g/mol. The first-order valence-corrected chi connectivity index (χ1v) is 7.89. The van der Waals surface area contributed by atoms with E-state index in [4.69, 9.17) is 4.74 Å². The van der Waals surface area contributed by atoms with E-state index < -0.39 is 5.54 Å². The van der Waals surface area contributed by atoms with E-state index >= 15 is 0 Å². The largest absolute Gasteiger partial charge is 0.497 e. The minimum Gasteiger partial charge on any atom is -0.497 e. The number of likely N-dealkylation sites (N-methyl/N-ethyl adjacent to an activating group) is 1. The van der Waals surface area contributed by atoms with E-state index in [-0.39, 0.29) is 5.91 Å². The maximum Gasteiger partial charge on any atom is 0.245 e. The van der Waals surface area contributed by atoms with Gasteiger partial charge in [-0.1, -0.05) is 6.07 Å². The van der Waals surface area contributed by atoms with Crippen molar-refractivity contribution < 1.29 is 9.53 Å². The van der Waals surface area contributed by atoms with Crippen LogP contribution in [0.3, 0.4) is 0 Å². The lowest BCUT2D eigenvalue weighted by molar-refractivity contribution is -0.126. The summed E-state index contributed by atoms with van der Waals surface area (Å²) in [6.07, 6.45) is 1.59. The Kier molecular flexibility index (Phi) is 5.29. The first-order chi connectivity index (χ1) is 10.5. The molecule has 1 heterocycles. The summed E-state index contributed by atoms with van der Waals surface area (Å²) < 4.78 is 5.26. The number of amides is 1. The van der Waals surface area contributed by atoms with E-state index in [1.807, 2.05) is 24.3 Å². The first kappa shape index (κ1) is 16.6. The van der Waals surface area contributed by atoms with Crippen molar-refractivity contribution in [1.82, 2.24) is 10.2 Å². The van der Waals surface area contributed by atoms with E-state index in [2.05, 4.69) is 29.4 Å². The molecule has 5 nitrogen and oxygen atoms in total. The van der Waals surface area contributed by atoms with Gasteiger partial charge in [-0.15, -0.1) is 0 Å². The standard InChI is InChI=1S/C17H27N3O2/c1-13(2)20-10-8-17(9-11-20,16(21)18-3)19-14-6-5-7-15(12-14)22-4/h5-7,12-13,19H,8-11H2,1-4H3,(H,18,21). The molecule has 1 aliphatic rings. The fraction of sp³-hybridized carbons (Fsp3) is 0.588. The molecule has 2 rings (SSSR count). The molecule has 1 fully saturated rings. The van der Waals surface area contributed by atoms with Crippen LogP contribution < -0.4 is 15.4 Å². The Hall–Kier alpha value is -1.75. The van der Waals surface area contributed by atoms with Crippen LogP contribution in [0.1, 0.15) is 26.7 Å². The van der Waals surface area contributed by atoms with E-state index in [0.717, 1.165) is 37.4 Å². The predicted molar refractivity (Wildman–Crippen MR) is 89.4 cm³/mol. The van der Waals surface area contributed by atoms with Crippen molar-refractivity contribution in [3.8, 4) is 5.75 Å². The second-order valence-corrected chi connectivity index (χ2v) is 6.15. The molecule has 122 valence electrons. The Morgan fingerprint density at radius 2 is 2.00 bits per heavy atom. The van der Waals surface area contributed by atoms with E-state index in [0.29, 0.717) is 6.04 Å². The summed E-state index contributed by atoms with van der Waals surface area (Å²) in [4.78, 5) is 14.9. The first-order valence-electron chi connectivity index (χ1n) is 7.89. The summed E-state index contributed by atoms with van der Waals surface area (Å²) in [6.45, 7) is 6.23. The van der Waals surface area contributed by atoms with Crippen LogP contribution in [0.4, 0.5) is 5.69 Å². The van der Waals surface area contributed by atoms with Gasteiger partial charge in [0.05, 0.1) is 7.11 Å². The maximum atomic E-state index is 12.5. The highest BCUT2D eigenvalue weighted by atomic mass is 16.5. The SMILES string of the molecule is CNC(=O)C1(Nc2cccc(OC)c2)CCN(C(C)C)CC1. The molecule has 0 radical (unpaired) electrons. The number of rotatable bonds is 5. The topological polar surface area (TPSA) is 53.6 Å². The molecule has 1 aromatic carbocycles. The van der Waals surface area contributed by atoms with Crippen LogP contribution in [0.2, 0.25) is 0 Å². The predicted octanol–water partition coefficient (Wildman–Crippen LogP) is 2.10. The van der Waals surface area contributed by atoms with Gasteiger partial charge < -0.3 is 20.3 Å². The van der Waals surface area contributed by atoms with Crippen molar-refractivity contribution in [2.24, 2.45) is 0 Å². The van der Waals surface area contributed by atoms with Crippen molar-refractivity contribution in [2.75, 3.05) is 32.6 Å². The average Bonchev–Trinajstić information content (AvgIpc) is 2.54. The summed E-state index contributed by atoms with van der Waals surface area (Å²) in [5.41, 5.74) is 0.368. The molecule has 1 amide bonds. The minimum absolute atomic E-state index is 0.0544. The third-order valence-corrected chi connectivity index (χ3v) is 4.50. The van der Waals surface area contributed by atoms with Crippen molar-refractivity contribution in [3.05, 3.63) is 24.3 Å². The molecule has 22 heavy (non-hydrogen) atoms. The third-order valence-electron chi connectivity index (χ3n) is 4.50. The molecular formula is C17H27N3O2. The molecule has 1 aliphatic heterocycles. The number of carbonyl (C=O) groups is 1. The summed E-state index contributed by atoms with van der Waals surface area (Å²) >= 11 is 0. The minimum atomic E-state index is -0.549. The van der Waals surface area contributed by atoms with Crippen molar-refractivity contribution >= 4 is 11.6 Å². The number of nitrogens with one attached hydrogen (secondary N) is 2. The lowest BCUT2D eigenvalue weighted by Crippen LogP contribution is -2.58. The molecule has 2 N–H and O–H groups in total. The molecule has 1 saturated heterocycles. The second-order valence-electron chi connectivity index (χ2n) is 6.15. The summed E-state index contributed by atoms with van der Waals surface area (Å²) in [6, 6.07) is 8.25. The van der Waals surface area contributed by atoms with Gasteiger partial charge in [-0.2, -0.15) is 0 Å². The maximum absolute atomic E-state index is 12.5. The van der Waals surface area contributed by atoms with Gasteiger partial charge in [0.15, 0.2) is 0 Å². The number of methoxy groups -OCH3 is 1. The monoisotopic (exact) mass is 305 g/mol. The van der Waals surface area contributed by atoms with Crippen LogP contribution in [0.5, 0.6) is 5.75 Å². The number of hydrogen-bond donors (Lipinski definition) is 2. The lowest BCUT2D eigenvalue weighted by atomic mass is 9.85. The molecule has 0 atom stereocenters. The second kappa shape index (κ2) is 7.01. The Balaban J connectivity index is 2.18. The van der Waals surface area contributed by atoms with Gasteiger partial charge in [-0.25, -0.2) is 0 Å². The Morgan fingerprint density at radius 1 is 1.32 bits per heavy atom. The molecule has 5 heteroatoms. The zero-order valence-electron chi connectivity index (χ0n) is 14.0. The normalized spacial score (nSPS) is 18.0. The summed E-state index contributed by atoms with van der Waals surface area (Å²) in [5, 5.41) is 6.28. The molecule has 0 saturated carbocycles. The Morgan fingerprint density at radius 3 is 2.55 bits per heavy atom. The molecule has 0 spiro atoms. The molecular weight excluding hydrogens is 278 g/mol. The fourth-order valence-corrected chi connectivity index (χ4v) is 3.05. The smallest absolute Gasteiger partial charge is 0.245 e. The molecule has 0 bridgehead atoms. The van der Waals surface area contributed by atoms with Gasteiger partial charge in [0.1, 0.15) is 11.3 Å². The van der Waals surface area contributed by atoms with E-state index in [1.165, 1.54) is 0 Å². The van der Waals surface area contributed by atoms with E-state index in [1.54, 1.807) is 14.2 Å². The third kappa shape index (κ3) is 3.53. The van der Waals surface area contributed by atoms with Crippen molar-refractivity contribution in [3.63, 3.8) is 0 Å². The molecule has 0 aliphatic carbocycles. The quantitative estimate of drug-likeness (QED) is 0.875. The number of anilines is 1. The summed E-state index contributed by atoms with van der Waals surface area (Å²) in [5.74, 6) is 0.843. The molecule has 1 aromatic rings. The zero-order valence-corrected chi connectivity index (χ0v) is 14.0. The van der Waals surface area contributed by atoms with Gasteiger partial charge in [0.25, 0.3) is 0 Å². The van der Waals surface area contributed by atoms with Gasteiger partial charge in [0, 0.05) is 37.9 Å². The van der Waals surface area contributed by atoms with Crippen LogP contribution in [0.25, 0.3) is 0 Å². The lowest BCUT2D eigenvalue weighted by Gasteiger charge is -2.42. The van der Waals surface area contributed by atoms with Crippen LogP contribution in [0, 0.1) is 0 Å². The molecule has 0 unspecified atom stereocenters. The highest BCUT2D eigenvalue weighted by Crippen LogP contribution is 2.29. The number of benzene rings is 1. The van der Waals surface area contributed by atoms with Crippen molar-refractivity contribution in [1.29, 1.82) is 0 Å². The number of ether oxygens (including phenoxy) is 1. The fourth-order valence-electron chi connectivity index (χ4n) is 3.05. The van der Waals surface area contributed by atoms with Crippen LogP contribution in [-0.2, 0) is 4.79 Å². The number of piperidine rings is 1. The van der Waals surface area contributed by atoms with Gasteiger partial charge in [-0.3, -0.25) is 4.79 Å². The van der Waals surface area contributed by atoms with Crippen LogP contribution in [0.15, 0.2) is 24.3 Å². The Bertz CT molecular complexity index is 508. The van der Waals surface area contributed by atoms with Crippen molar-refractivity contribution in [2.45, 2.75) is 38.3 Å². The number of likely N-dealkylation sites (tertiary alicyclic amines) is 1. The molecule has 0 aromatic heterocycles. The van der Waals surface area contributed by atoms with Gasteiger partial charge >= 0.3 is 0 Å². The highest BCUT2D eigenvalue weighted by molar-refractivity contribution is 5.89. The number of hydrogen-bond acceptors (Lipinski definition) is 4. The number of nitrogens with zero attached hydrogens (tertiary/aromatic N) is 1. The summed E-state index contributed by atoms with van der Waals surface area (Å²) in [7, 11) is 3.35. The van der Waals surface area contributed by atoms with Gasteiger partial charge in [-0.05, 0) is 38.8 Å². The van der Waals surface area contributed by atoms with Crippen LogP contribution >= 0.6 is 0 Å². The van der Waals surface area contributed by atoms with Crippen LogP contribution in [-0.4, -0.2) is 49.6 Å². The Labute approximate surface area is 133 Å². The zero-order chi connectivity index (χ0) is 16.2. The number of carbonyl (C=O) groups excluding carboxylic acids is 1. The highest BCUT2D eigenvalue weighted by Gasteiger charge is 2.41.